The summed E-state index contributed by atoms with van der Waals surface area (Å²) in [6, 6.07) is 7.56. The Kier molecular flexibility index (Phi) is 12.4. The van der Waals surface area contributed by atoms with E-state index in [4.69, 9.17) is 21.8 Å². The molecule has 1 N–H and O–H groups in total. The van der Waals surface area contributed by atoms with Gasteiger partial charge in [-0.25, -0.2) is 0 Å². The lowest BCUT2D eigenvalue weighted by Crippen LogP contribution is -2.43. The van der Waals surface area contributed by atoms with Crippen molar-refractivity contribution < 1.29 is 26.9 Å². The second-order valence-electron chi connectivity index (χ2n) is 9.60. The molecule has 1 atom stereocenters. The first kappa shape index (κ1) is 28.7. The Bertz CT molecular complexity index is 648. The number of aliphatic hydroxyl groups excluding tert-OH is 1. The van der Waals surface area contributed by atoms with Crippen molar-refractivity contribution in [2.24, 2.45) is 0 Å². The van der Waals surface area contributed by atoms with Crippen molar-refractivity contribution in [3.8, 4) is 5.75 Å². The number of benzene rings is 1. The molecule has 4 radical (unpaired) electrons. The minimum Gasteiger partial charge on any atom is -0.491 e. The predicted octanol–water partition coefficient (Wildman–Crippen LogP) is 4.03. The van der Waals surface area contributed by atoms with Crippen LogP contribution in [0.4, 0.5) is 0 Å². The van der Waals surface area contributed by atoms with Crippen LogP contribution in [0.3, 0.4) is 0 Å². The molecule has 0 fully saturated rings. The average Bonchev–Trinajstić information content (AvgIpc) is 2.65. The summed E-state index contributed by atoms with van der Waals surface area (Å²) in [5.41, 5.74) is 2.02. The molecule has 0 aromatic heterocycles. The maximum Gasteiger partial charge on any atom is 0.410 e. The van der Waals surface area contributed by atoms with E-state index in [9.17, 15) is 5.11 Å². The van der Waals surface area contributed by atoms with Crippen LogP contribution in [0.2, 0.25) is 51.5 Å². The molecule has 0 spiro atoms. The van der Waals surface area contributed by atoms with Crippen LogP contribution in [0, 0.1) is 0 Å². The molecule has 0 amide bonds. The van der Waals surface area contributed by atoms with Crippen LogP contribution in [0.1, 0.15) is 5.56 Å². The highest BCUT2D eigenvalue weighted by atomic mass is 28.4. The summed E-state index contributed by atoms with van der Waals surface area (Å²) < 4.78 is 29.4. The zero-order valence-electron chi connectivity index (χ0n) is 20.0. The lowest BCUT2D eigenvalue weighted by Gasteiger charge is -2.27. The lowest BCUT2D eigenvalue weighted by molar-refractivity contribution is 0.0229. The van der Waals surface area contributed by atoms with E-state index in [1.807, 2.05) is 24.3 Å². The Balaban J connectivity index is 2.22. The van der Waals surface area contributed by atoms with Crippen LogP contribution < -0.4 is 4.74 Å². The van der Waals surface area contributed by atoms with Crippen LogP contribution in [0.25, 0.3) is 6.08 Å². The Hall–Kier alpha value is -0.356. The van der Waals surface area contributed by atoms with E-state index in [2.05, 4.69) is 52.4 Å². The van der Waals surface area contributed by atoms with Crippen molar-refractivity contribution in [3.63, 3.8) is 0 Å². The molecular formula is C20H38O6Si5. The van der Waals surface area contributed by atoms with Crippen molar-refractivity contribution >= 4 is 50.8 Å². The van der Waals surface area contributed by atoms with Gasteiger partial charge in [0.05, 0.1) is 12.8 Å². The van der Waals surface area contributed by atoms with Gasteiger partial charge in [-0.2, -0.15) is 0 Å². The fraction of sp³-hybridized carbons (Fsp3) is 0.600. The average molecular weight is 515 g/mol. The fourth-order valence-corrected chi connectivity index (χ4v) is 10.3. The summed E-state index contributed by atoms with van der Waals surface area (Å²) >= 11 is 0. The summed E-state index contributed by atoms with van der Waals surface area (Å²) in [7, 11) is -4.74. The molecule has 0 aliphatic heterocycles. The standard InChI is InChI=1S/C20H38O6Si5/c1-9-18-10-12-20(13-11-18)23-15-19(21)14-22-16-30(5,6)25-28-26-31(7,8)17-27-24-29(2,3)4/h9-13,19,21H,1,14-17H2,2-8H3. The zero-order valence-corrected chi connectivity index (χ0v) is 25.0. The van der Waals surface area contributed by atoms with E-state index in [1.54, 1.807) is 6.08 Å². The molecule has 1 aromatic carbocycles. The van der Waals surface area contributed by atoms with Gasteiger partial charge in [0.25, 0.3) is 0 Å². The predicted molar refractivity (Wildman–Crippen MR) is 137 cm³/mol. The number of hydrogen-bond donors (Lipinski definition) is 1. The number of aliphatic hydroxyl groups is 1. The third-order valence-corrected chi connectivity index (χ3v) is 16.8. The van der Waals surface area contributed by atoms with Crippen LogP contribution in [0.5, 0.6) is 5.75 Å². The van der Waals surface area contributed by atoms with Crippen LogP contribution in [0.15, 0.2) is 30.8 Å². The normalized spacial score (nSPS) is 13.8. The highest BCUT2D eigenvalue weighted by Gasteiger charge is 2.29. The molecule has 1 rings (SSSR count). The summed E-state index contributed by atoms with van der Waals surface area (Å²) in [6.45, 7) is 19.3. The largest absolute Gasteiger partial charge is 0.491 e. The monoisotopic (exact) mass is 514 g/mol. The van der Waals surface area contributed by atoms with E-state index < -0.39 is 31.1 Å². The Morgan fingerprint density at radius 1 is 0.935 bits per heavy atom. The SMILES string of the molecule is C=Cc1ccc(OCC(O)COC[Si](C)(C)O[Si]O[Si](C)(C)C[Si]O[Si](C)(C)C)cc1. The van der Waals surface area contributed by atoms with Crippen LogP contribution in [-0.4, -0.2) is 75.4 Å². The third-order valence-electron chi connectivity index (χ3n) is 3.83. The Labute approximate surface area is 196 Å². The molecule has 0 aliphatic rings. The smallest absolute Gasteiger partial charge is 0.410 e. The summed E-state index contributed by atoms with van der Waals surface area (Å²) in [5, 5.41) is 10.1. The summed E-state index contributed by atoms with van der Waals surface area (Å²) in [5.74, 6) is 0.712. The van der Waals surface area contributed by atoms with Gasteiger partial charge in [0.1, 0.15) is 18.5 Å². The highest BCUT2D eigenvalue weighted by molar-refractivity contribution is 6.84. The maximum atomic E-state index is 10.1. The van der Waals surface area contributed by atoms with Crippen molar-refractivity contribution in [2.45, 2.75) is 57.6 Å². The molecule has 1 aromatic rings. The van der Waals surface area contributed by atoms with Crippen LogP contribution >= 0.6 is 0 Å². The maximum absolute atomic E-state index is 10.1. The molecule has 0 saturated carbocycles. The van der Waals surface area contributed by atoms with E-state index in [0.29, 0.717) is 21.7 Å². The minimum atomic E-state index is -2.02. The molecular weight excluding hydrogens is 477 g/mol. The second-order valence-corrected chi connectivity index (χ2v) is 25.5. The van der Waals surface area contributed by atoms with Gasteiger partial charge in [0.15, 0.2) is 16.6 Å². The van der Waals surface area contributed by atoms with Gasteiger partial charge in [0, 0.05) is 0 Å². The van der Waals surface area contributed by atoms with Crippen LogP contribution in [-0.2, 0) is 17.1 Å². The van der Waals surface area contributed by atoms with Gasteiger partial charge in [0.2, 0.25) is 18.1 Å². The Morgan fingerprint density at radius 2 is 1.55 bits per heavy atom. The van der Waals surface area contributed by atoms with Gasteiger partial charge in [-0.05, 0) is 69.2 Å². The van der Waals surface area contributed by atoms with Gasteiger partial charge in [-0.1, -0.05) is 24.8 Å². The second kappa shape index (κ2) is 13.4. The first-order valence-electron chi connectivity index (χ1n) is 10.4. The molecule has 1 unspecified atom stereocenters. The molecule has 6 nitrogen and oxygen atoms in total. The fourth-order valence-electron chi connectivity index (χ4n) is 2.12. The van der Waals surface area contributed by atoms with Gasteiger partial charge < -0.3 is 26.9 Å². The van der Waals surface area contributed by atoms with Gasteiger partial charge in [-0.3, -0.25) is 0 Å². The number of rotatable bonds is 16. The molecule has 0 aliphatic carbocycles. The van der Waals surface area contributed by atoms with Gasteiger partial charge >= 0.3 is 10.0 Å². The van der Waals surface area contributed by atoms with E-state index in [-0.39, 0.29) is 23.2 Å². The minimum absolute atomic E-state index is 0.0283. The molecule has 0 heterocycles. The lowest BCUT2D eigenvalue weighted by atomic mass is 10.2. The molecule has 0 bridgehead atoms. The Morgan fingerprint density at radius 3 is 2.13 bits per heavy atom. The quantitative estimate of drug-likeness (QED) is 0.336. The van der Waals surface area contributed by atoms with E-state index in [0.717, 1.165) is 11.2 Å². The third kappa shape index (κ3) is 14.4. The summed E-state index contributed by atoms with van der Waals surface area (Å²) in [6.07, 6.45) is 1.58. The molecule has 0 saturated heterocycles. The number of hydrogen-bond acceptors (Lipinski definition) is 6. The summed E-state index contributed by atoms with van der Waals surface area (Å²) in [4.78, 5) is 0. The molecule has 174 valence electrons. The topological polar surface area (TPSA) is 66.4 Å². The van der Waals surface area contributed by atoms with E-state index >= 15 is 0 Å². The number of ether oxygens (including phenoxy) is 2. The van der Waals surface area contributed by atoms with Crippen molar-refractivity contribution in [1.82, 2.24) is 0 Å². The first-order chi connectivity index (χ1) is 14.3. The first-order valence-corrected chi connectivity index (χ1v) is 22.0. The zero-order chi connectivity index (χ0) is 23.5. The van der Waals surface area contributed by atoms with Gasteiger partial charge in [-0.15, -0.1) is 0 Å². The van der Waals surface area contributed by atoms with Crippen molar-refractivity contribution in [2.75, 3.05) is 19.4 Å². The highest BCUT2D eigenvalue weighted by Crippen LogP contribution is 2.14. The van der Waals surface area contributed by atoms with Crippen molar-refractivity contribution in [3.05, 3.63) is 36.4 Å². The van der Waals surface area contributed by atoms with Crippen molar-refractivity contribution in [1.29, 1.82) is 0 Å². The van der Waals surface area contributed by atoms with E-state index in [1.165, 1.54) is 0 Å². The molecule has 31 heavy (non-hydrogen) atoms. The molecule has 11 heteroatoms.